The third-order valence-electron chi connectivity index (χ3n) is 7.08. The van der Waals surface area contributed by atoms with Gasteiger partial charge < -0.3 is 19.3 Å². The van der Waals surface area contributed by atoms with Crippen LogP contribution >= 0.6 is 0 Å². The topological polar surface area (TPSA) is 87.9 Å². The molecule has 0 saturated carbocycles. The highest BCUT2D eigenvalue weighted by molar-refractivity contribution is 5.88. The molecule has 39 heavy (non-hydrogen) atoms. The second-order valence-corrected chi connectivity index (χ2v) is 9.77. The van der Waals surface area contributed by atoms with Gasteiger partial charge in [0, 0.05) is 61.5 Å². The van der Waals surface area contributed by atoms with E-state index in [1.807, 2.05) is 34.9 Å². The molecule has 8 nitrogen and oxygen atoms in total. The summed E-state index contributed by atoms with van der Waals surface area (Å²) >= 11 is 0. The van der Waals surface area contributed by atoms with Crippen LogP contribution in [-0.2, 0) is 36.5 Å². The van der Waals surface area contributed by atoms with Gasteiger partial charge in [-0.3, -0.25) is 9.69 Å². The van der Waals surface area contributed by atoms with Gasteiger partial charge in [0.1, 0.15) is 5.82 Å². The van der Waals surface area contributed by atoms with E-state index in [0.29, 0.717) is 29.3 Å². The number of hydrogen-bond donors (Lipinski definition) is 2. The Kier molecular flexibility index (Phi) is 6.92. The molecule has 0 fully saturated rings. The van der Waals surface area contributed by atoms with Crippen molar-refractivity contribution in [1.29, 1.82) is 0 Å². The molecule has 1 unspecified atom stereocenters. The Morgan fingerprint density at radius 1 is 1.10 bits per heavy atom. The van der Waals surface area contributed by atoms with Crippen molar-refractivity contribution < 1.29 is 28.2 Å². The molecule has 11 heteroatoms. The van der Waals surface area contributed by atoms with Gasteiger partial charge in [-0.15, -0.1) is 0 Å². The van der Waals surface area contributed by atoms with Crippen molar-refractivity contribution in [3.05, 3.63) is 95.0 Å². The molecular formula is C28H26F3N5O3. The number of aryl methyl sites for hydroxylation is 1. The molecule has 1 atom stereocenters. The van der Waals surface area contributed by atoms with E-state index in [1.165, 1.54) is 23.2 Å². The highest BCUT2D eigenvalue weighted by atomic mass is 19.4. The Balaban J connectivity index is 1.50. The molecule has 0 bridgehead atoms. The van der Waals surface area contributed by atoms with Crippen molar-refractivity contribution in [3.8, 4) is 0 Å². The number of hydrogen-bond acceptors (Lipinski definition) is 4. The molecule has 0 radical (unpaired) electrons. The van der Waals surface area contributed by atoms with Crippen molar-refractivity contribution in [1.82, 2.24) is 19.0 Å². The maximum Gasteiger partial charge on any atom is 0.422 e. The highest BCUT2D eigenvalue weighted by Crippen LogP contribution is 2.44. The number of rotatable bonds is 8. The first-order valence-electron chi connectivity index (χ1n) is 12.4. The number of carboxylic acids is 1. The zero-order valence-electron chi connectivity index (χ0n) is 20.9. The number of β-amino-alcohol motifs (C(OH)–C–C–N with tert-alkyl or cyclic N) is 1. The second-order valence-electron chi connectivity index (χ2n) is 9.77. The number of fused-ring (bicyclic) bond motifs is 2. The number of aromatic nitrogens is 3. The van der Waals surface area contributed by atoms with Gasteiger partial charge in [-0.1, -0.05) is 42.5 Å². The van der Waals surface area contributed by atoms with E-state index in [0.717, 1.165) is 5.56 Å². The summed E-state index contributed by atoms with van der Waals surface area (Å²) in [4.78, 5) is 20.3. The van der Waals surface area contributed by atoms with E-state index < -0.39 is 24.3 Å². The number of alkyl halides is 3. The number of nitrogens with zero attached hydrogens (tertiary/aromatic N) is 5. The van der Waals surface area contributed by atoms with E-state index in [-0.39, 0.29) is 43.4 Å². The predicted molar refractivity (Wildman–Crippen MR) is 137 cm³/mol. The zero-order chi connectivity index (χ0) is 27.8. The minimum atomic E-state index is -4.99. The number of halogens is 3. The number of imidazole rings is 1. The van der Waals surface area contributed by atoms with Crippen LogP contribution in [0.5, 0.6) is 0 Å². The Labute approximate surface area is 222 Å². The number of carboxylic acid groups (broad SMARTS) is 1. The lowest BCUT2D eigenvalue weighted by atomic mass is 9.91. The van der Waals surface area contributed by atoms with Crippen LogP contribution in [0.1, 0.15) is 29.1 Å². The zero-order valence-corrected chi connectivity index (χ0v) is 20.9. The monoisotopic (exact) mass is 537 g/mol. The highest BCUT2D eigenvalue weighted by Gasteiger charge is 2.57. The van der Waals surface area contributed by atoms with Crippen LogP contribution in [0, 0.1) is 6.57 Å². The van der Waals surface area contributed by atoms with Gasteiger partial charge in [-0.05, 0) is 11.6 Å². The van der Waals surface area contributed by atoms with Gasteiger partial charge in [0.15, 0.2) is 5.69 Å². The minimum absolute atomic E-state index is 0.0794. The average molecular weight is 538 g/mol. The molecule has 3 heterocycles. The van der Waals surface area contributed by atoms with E-state index in [2.05, 4.69) is 9.83 Å². The molecule has 1 aliphatic heterocycles. The standard InChI is InChI=1S/C28H26F3N5O3/c1-32-20-7-9-22-23(16-36(24(22)13-20)14-19-5-3-2-4-6-19)27(39,28(29,30)31)18-34-11-12-35-15-21(8-10-26(37)38)33-25(35)17-34/h2-7,9,13,15-16,39H,8,10-12,14,17-18H2,(H,37,38). The van der Waals surface area contributed by atoms with E-state index in [1.54, 1.807) is 16.8 Å². The van der Waals surface area contributed by atoms with Gasteiger partial charge in [0.05, 0.1) is 25.2 Å². The first-order chi connectivity index (χ1) is 18.6. The summed E-state index contributed by atoms with van der Waals surface area (Å²) in [6, 6.07) is 13.7. The van der Waals surface area contributed by atoms with Crippen molar-refractivity contribution in [3.63, 3.8) is 0 Å². The lowest BCUT2D eigenvalue weighted by Crippen LogP contribution is -2.52. The predicted octanol–water partition coefficient (Wildman–Crippen LogP) is 4.72. The molecule has 5 rings (SSSR count). The third kappa shape index (κ3) is 5.26. The largest absolute Gasteiger partial charge is 0.481 e. The van der Waals surface area contributed by atoms with Gasteiger partial charge in [-0.25, -0.2) is 9.83 Å². The first-order valence-corrected chi connectivity index (χ1v) is 12.4. The molecular weight excluding hydrogens is 511 g/mol. The van der Waals surface area contributed by atoms with Gasteiger partial charge >= 0.3 is 12.1 Å². The molecule has 2 N–H and O–H groups in total. The molecule has 2 aromatic carbocycles. The summed E-state index contributed by atoms with van der Waals surface area (Å²) in [6.07, 6.45) is -1.77. The number of benzene rings is 2. The van der Waals surface area contributed by atoms with E-state index in [9.17, 15) is 23.1 Å². The van der Waals surface area contributed by atoms with Gasteiger partial charge in [-0.2, -0.15) is 13.2 Å². The Morgan fingerprint density at radius 2 is 1.87 bits per heavy atom. The normalized spacial score (nSPS) is 15.6. The number of aliphatic hydroxyl groups is 1. The van der Waals surface area contributed by atoms with Crippen molar-refractivity contribution in [2.45, 2.75) is 44.3 Å². The Bertz CT molecular complexity index is 1550. The quantitative estimate of drug-likeness (QED) is 0.318. The van der Waals surface area contributed by atoms with Crippen LogP contribution in [0.3, 0.4) is 0 Å². The fourth-order valence-corrected chi connectivity index (χ4v) is 5.09. The Morgan fingerprint density at radius 3 is 2.56 bits per heavy atom. The van der Waals surface area contributed by atoms with Gasteiger partial charge in [0.2, 0.25) is 5.60 Å². The van der Waals surface area contributed by atoms with Crippen LogP contribution in [0.15, 0.2) is 60.9 Å². The van der Waals surface area contributed by atoms with Crippen molar-refractivity contribution >= 4 is 22.6 Å². The SMILES string of the molecule is [C-]#[N+]c1ccc2c(C(O)(CN3CCn4cc(CCC(=O)O)nc4C3)C(F)(F)F)cn(Cc3ccccc3)c2c1. The number of aliphatic carboxylic acids is 1. The van der Waals surface area contributed by atoms with E-state index >= 15 is 0 Å². The summed E-state index contributed by atoms with van der Waals surface area (Å²) in [7, 11) is 0. The molecule has 4 aromatic rings. The maximum absolute atomic E-state index is 14.7. The molecule has 0 aliphatic carbocycles. The van der Waals surface area contributed by atoms with Crippen LogP contribution in [-0.4, -0.2) is 54.5 Å². The summed E-state index contributed by atoms with van der Waals surface area (Å²) < 4.78 is 47.6. The fourth-order valence-electron chi connectivity index (χ4n) is 5.09. The molecule has 202 valence electrons. The molecule has 0 spiro atoms. The minimum Gasteiger partial charge on any atom is -0.481 e. The smallest absolute Gasteiger partial charge is 0.422 e. The lowest BCUT2D eigenvalue weighted by Gasteiger charge is -2.37. The molecule has 2 aromatic heterocycles. The van der Waals surface area contributed by atoms with Crippen LogP contribution in [0.4, 0.5) is 18.9 Å². The summed E-state index contributed by atoms with van der Waals surface area (Å²) in [5.74, 6) is -0.424. The van der Waals surface area contributed by atoms with Crippen molar-refractivity contribution in [2.75, 3.05) is 13.1 Å². The fraction of sp³-hybridized carbons (Fsp3) is 0.321. The maximum atomic E-state index is 14.7. The van der Waals surface area contributed by atoms with Gasteiger partial charge in [0.25, 0.3) is 0 Å². The van der Waals surface area contributed by atoms with Crippen LogP contribution in [0.25, 0.3) is 15.7 Å². The lowest BCUT2D eigenvalue weighted by molar-refractivity contribution is -0.272. The van der Waals surface area contributed by atoms with Crippen LogP contribution < -0.4 is 0 Å². The third-order valence-corrected chi connectivity index (χ3v) is 7.08. The number of carbonyl (C=O) groups is 1. The average Bonchev–Trinajstić information content (AvgIpc) is 3.48. The second kappa shape index (κ2) is 10.2. The van der Waals surface area contributed by atoms with Crippen LogP contribution in [0.2, 0.25) is 0 Å². The summed E-state index contributed by atoms with van der Waals surface area (Å²) in [5, 5.41) is 20.6. The summed E-state index contributed by atoms with van der Waals surface area (Å²) in [6.45, 7) is 7.63. The summed E-state index contributed by atoms with van der Waals surface area (Å²) in [5.41, 5.74) is -1.30. The molecule has 0 saturated heterocycles. The van der Waals surface area contributed by atoms with Crippen molar-refractivity contribution in [2.24, 2.45) is 0 Å². The molecule has 1 aliphatic rings. The Hall–Kier alpha value is -4.14. The first kappa shape index (κ1) is 26.5. The molecule has 0 amide bonds. The van der Waals surface area contributed by atoms with E-state index in [4.69, 9.17) is 11.7 Å².